The lowest BCUT2D eigenvalue weighted by Crippen LogP contribution is -2.31. The van der Waals surface area contributed by atoms with E-state index in [1.165, 1.54) is 6.07 Å². The van der Waals surface area contributed by atoms with Crippen LogP contribution in [0.4, 0.5) is 0 Å². The van der Waals surface area contributed by atoms with Gasteiger partial charge in [0.2, 0.25) is 0 Å². The zero-order valence-electron chi connectivity index (χ0n) is 9.08. The fourth-order valence-corrected chi connectivity index (χ4v) is 2.10. The van der Waals surface area contributed by atoms with Crippen molar-refractivity contribution in [3.63, 3.8) is 0 Å². The summed E-state index contributed by atoms with van der Waals surface area (Å²) < 4.78 is 0.741. The largest absolute Gasteiger partial charge is 0.507 e. The van der Waals surface area contributed by atoms with Crippen molar-refractivity contribution in [3.8, 4) is 5.75 Å². The highest BCUT2D eigenvalue weighted by atomic mass is 127. The molecule has 0 aliphatic heterocycles. The lowest BCUT2D eigenvalue weighted by molar-refractivity contribution is 0.0797. The number of hydrogen-bond acceptors (Lipinski definition) is 2. The third-order valence-corrected chi connectivity index (χ3v) is 3.27. The molecule has 16 heavy (non-hydrogen) atoms. The van der Waals surface area contributed by atoms with Crippen molar-refractivity contribution < 1.29 is 9.90 Å². The summed E-state index contributed by atoms with van der Waals surface area (Å²) in [5, 5.41) is 9.53. The summed E-state index contributed by atoms with van der Waals surface area (Å²) in [6.45, 7) is 2.61. The van der Waals surface area contributed by atoms with Crippen LogP contribution in [0.2, 0.25) is 0 Å². The number of rotatable bonds is 3. The molecule has 0 spiro atoms. The zero-order chi connectivity index (χ0) is 12.3. The maximum absolute atomic E-state index is 11.9. The number of nitrogens with zero attached hydrogens (tertiary/aromatic N) is 1. The fourth-order valence-electron chi connectivity index (χ4n) is 1.33. The molecule has 3 nitrogen and oxygen atoms in total. The van der Waals surface area contributed by atoms with Crippen LogP contribution in [0.25, 0.3) is 0 Å². The molecule has 1 aromatic carbocycles. The van der Waals surface area contributed by atoms with Gasteiger partial charge in [0, 0.05) is 24.0 Å². The fraction of sp³-hybridized carbons (Fsp3) is 0.364. The monoisotopic (exact) mass is 397 g/mol. The minimum atomic E-state index is -0.0852. The molecule has 0 aromatic heterocycles. The molecule has 1 unspecified atom stereocenters. The summed E-state index contributed by atoms with van der Waals surface area (Å²) in [5.74, 6) is 0.0599. The molecule has 0 saturated carbocycles. The van der Waals surface area contributed by atoms with E-state index >= 15 is 0 Å². The molecule has 0 fully saturated rings. The van der Waals surface area contributed by atoms with Crippen LogP contribution in [0.15, 0.2) is 18.2 Å². The number of alkyl halides is 1. The number of benzene rings is 1. The van der Waals surface area contributed by atoms with Crippen molar-refractivity contribution in [2.75, 3.05) is 13.6 Å². The number of halogens is 2. The second kappa shape index (κ2) is 5.86. The summed E-state index contributed by atoms with van der Waals surface area (Å²) in [5.41, 5.74) is 0.508. The molecule has 1 atom stereocenters. The minimum Gasteiger partial charge on any atom is -0.507 e. The van der Waals surface area contributed by atoms with Crippen LogP contribution in [0.5, 0.6) is 5.75 Å². The Morgan fingerprint density at radius 3 is 2.75 bits per heavy atom. The van der Waals surface area contributed by atoms with Gasteiger partial charge < -0.3 is 10.0 Å². The molecule has 0 heterocycles. The molecule has 0 saturated heterocycles. The van der Waals surface area contributed by atoms with Crippen LogP contribution in [-0.2, 0) is 0 Å². The number of amides is 1. The van der Waals surface area contributed by atoms with E-state index in [9.17, 15) is 9.90 Å². The highest BCUT2D eigenvalue weighted by Gasteiger charge is 2.14. The number of carbonyl (C=O) groups is 1. The highest BCUT2D eigenvalue weighted by Crippen LogP contribution is 2.21. The summed E-state index contributed by atoms with van der Waals surface area (Å²) in [6.07, 6.45) is 0. The van der Waals surface area contributed by atoms with Crippen LogP contribution in [-0.4, -0.2) is 34.3 Å². The summed E-state index contributed by atoms with van der Waals surface area (Å²) >= 11 is 5.42. The van der Waals surface area contributed by atoms with Crippen LogP contribution in [0.3, 0.4) is 0 Å². The van der Waals surface area contributed by atoms with E-state index < -0.39 is 0 Å². The van der Waals surface area contributed by atoms with Gasteiger partial charge in [0.25, 0.3) is 5.91 Å². The predicted octanol–water partition coefficient (Wildman–Crippen LogP) is 2.85. The molecule has 0 radical (unpaired) electrons. The quantitative estimate of drug-likeness (QED) is 0.629. The number of carbonyl (C=O) groups excluding carboxylic acids is 1. The van der Waals surface area contributed by atoms with E-state index in [-0.39, 0.29) is 16.5 Å². The molecule has 0 aliphatic rings. The maximum atomic E-state index is 11.9. The topological polar surface area (TPSA) is 40.5 Å². The van der Waals surface area contributed by atoms with Crippen molar-refractivity contribution in [1.29, 1.82) is 0 Å². The van der Waals surface area contributed by atoms with Crippen LogP contribution in [0, 0.1) is 3.57 Å². The van der Waals surface area contributed by atoms with Crippen molar-refractivity contribution in [2.45, 2.75) is 11.8 Å². The smallest absolute Gasteiger partial charge is 0.253 e. The van der Waals surface area contributed by atoms with Crippen molar-refractivity contribution in [3.05, 3.63) is 27.3 Å². The van der Waals surface area contributed by atoms with Gasteiger partial charge in [0.1, 0.15) is 5.75 Å². The molecule has 1 amide bonds. The molecule has 5 heteroatoms. The Labute approximate surface area is 117 Å². The van der Waals surface area contributed by atoms with Gasteiger partial charge in [-0.1, -0.05) is 22.9 Å². The summed E-state index contributed by atoms with van der Waals surface area (Å²) in [7, 11) is 1.75. The number of hydrogen-bond donors (Lipinski definition) is 1. The Balaban J connectivity index is 2.84. The molecule has 1 aromatic rings. The van der Waals surface area contributed by atoms with Gasteiger partial charge in [-0.25, -0.2) is 0 Å². The van der Waals surface area contributed by atoms with Gasteiger partial charge in [-0.15, -0.1) is 0 Å². The van der Waals surface area contributed by atoms with Gasteiger partial charge in [-0.2, -0.15) is 0 Å². The van der Waals surface area contributed by atoms with Crippen LogP contribution in [0.1, 0.15) is 17.3 Å². The zero-order valence-corrected chi connectivity index (χ0v) is 12.8. The molecule has 0 bridgehead atoms. The minimum absolute atomic E-state index is 0.0852. The van der Waals surface area contributed by atoms with Crippen molar-refractivity contribution in [2.24, 2.45) is 0 Å². The average molecular weight is 398 g/mol. The Kier molecular flexibility index (Phi) is 5.04. The Morgan fingerprint density at radius 2 is 2.25 bits per heavy atom. The lowest BCUT2D eigenvalue weighted by Gasteiger charge is -2.18. The third-order valence-electron chi connectivity index (χ3n) is 2.07. The number of phenolic OH excluding ortho intramolecular Hbond substituents is 1. The Bertz CT molecular complexity index is 396. The second-order valence-electron chi connectivity index (χ2n) is 3.63. The van der Waals surface area contributed by atoms with Crippen LogP contribution < -0.4 is 0 Å². The van der Waals surface area contributed by atoms with Gasteiger partial charge >= 0.3 is 0 Å². The molecule has 1 N–H and O–H groups in total. The number of phenols is 1. The van der Waals surface area contributed by atoms with Crippen molar-refractivity contribution >= 4 is 44.4 Å². The number of aromatic hydroxyl groups is 1. The van der Waals surface area contributed by atoms with E-state index in [1.807, 2.05) is 29.5 Å². The maximum Gasteiger partial charge on any atom is 0.253 e. The highest BCUT2D eigenvalue weighted by molar-refractivity contribution is 14.1. The first kappa shape index (κ1) is 13.8. The first-order valence-electron chi connectivity index (χ1n) is 4.80. The molecule has 1 rings (SSSR count). The van der Waals surface area contributed by atoms with E-state index in [2.05, 4.69) is 15.9 Å². The molecular weight excluding hydrogens is 385 g/mol. The van der Waals surface area contributed by atoms with Crippen molar-refractivity contribution in [1.82, 2.24) is 4.90 Å². The SMILES string of the molecule is CC(Br)CN(C)C(=O)c1ccc(I)c(O)c1. The van der Waals surface area contributed by atoms with Gasteiger partial charge in [0.15, 0.2) is 0 Å². The lowest BCUT2D eigenvalue weighted by atomic mass is 10.2. The average Bonchev–Trinajstić information content (AvgIpc) is 2.20. The van der Waals surface area contributed by atoms with Gasteiger partial charge in [-0.3, -0.25) is 4.79 Å². The molecular formula is C11H13BrINO2. The van der Waals surface area contributed by atoms with Crippen LogP contribution >= 0.6 is 38.5 Å². The standard InChI is InChI=1S/C11H13BrINO2/c1-7(12)6-14(2)11(16)8-3-4-9(13)10(15)5-8/h3-5,7,15H,6H2,1-2H3. The summed E-state index contributed by atoms with van der Waals surface area (Å²) in [4.78, 5) is 13.8. The van der Waals surface area contributed by atoms with E-state index in [1.54, 1.807) is 24.1 Å². The second-order valence-corrected chi connectivity index (χ2v) is 6.36. The first-order chi connectivity index (χ1) is 7.41. The Hall–Kier alpha value is -0.300. The van der Waals surface area contributed by atoms with E-state index in [0.717, 1.165) is 3.57 Å². The molecule has 0 aliphatic carbocycles. The third kappa shape index (κ3) is 3.62. The van der Waals surface area contributed by atoms with E-state index in [0.29, 0.717) is 12.1 Å². The normalized spacial score (nSPS) is 12.2. The predicted molar refractivity (Wildman–Crippen MR) is 76.2 cm³/mol. The first-order valence-corrected chi connectivity index (χ1v) is 6.79. The molecule has 88 valence electrons. The van der Waals surface area contributed by atoms with Gasteiger partial charge in [-0.05, 0) is 40.8 Å². The Morgan fingerprint density at radius 1 is 1.62 bits per heavy atom. The van der Waals surface area contributed by atoms with Gasteiger partial charge in [0.05, 0.1) is 3.57 Å². The summed E-state index contributed by atoms with van der Waals surface area (Å²) in [6, 6.07) is 4.95. The van der Waals surface area contributed by atoms with E-state index in [4.69, 9.17) is 0 Å².